The molecule has 4 N–H and O–H groups in total. The van der Waals surface area contributed by atoms with Gasteiger partial charge in [-0.2, -0.15) is 0 Å². The van der Waals surface area contributed by atoms with E-state index < -0.39 is 35.9 Å². The number of amides is 6. The number of hydrogen-bond acceptors (Lipinski definition) is 10. The van der Waals surface area contributed by atoms with E-state index in [1.54, 1.807) is 27.7 Å². The van der Waals surface area contributed by atoms with Crippen molar-refractivity contribution < 1.29 is 33.5 Å². The largest absolute Gasteiger partial charge is 0.444 e. The number of likely N-dealkylation sites (tertiary alicyclic amines) is 2. The quantitative estimate of drug-likeness (QED) is 0.0279. The van der Waals surface area contributed by atoms with Crippen molar-refractivity contribution >= 4 is 47.2 Å². The number of ether oxygens (including phenoxy) is 1. The molecular weight excluding hydrogens is 1140 g/mol. The van der Waals surface area contributed by atoms with E-state index in [1.807, 2.05) is 169 Å². The summed E-state index contributed by atoms with van der Waals surface area (Å²) in [7, 11) is 7.06. The Balaban J connectivity index is 0.000000319. The third-order valence-corrected chi connectivity index (χ3v) is 16.8. The summed E-state index contributed by atoms with van der Waals surface area (Å²) in [6.07, 6.45) is 7.41. The molecule has 2 heterocycles. The van der Waals surface area contributed by atoms with Gasteiger partial charge in [0.1, 0.15) is 23.7 Å². The van der Waals surface area contributed by atoms with E-state index in [1.165, 1.54) is 17.5 Å². The van der Waals surface area contributed by atoms with Crippen LogP contribution in [0, 0.1) is 0 Å². The van der Waals surface area contributed by atoms with E-state index in [4.69, 9.17) is 16.3 Å². The first kappa shape index (κ1) is 72.4. The Labute approximate surface area is 536 Å². The van der Waals surface area contributed by atoms with Gasteiger partial charge in [0.2, 0.25) is 29.5 Å². The molecule has 0 saturated carbocycles. The normalized spacial score (nSPS) is 16.3. The van der Waals surface area contributed by atoms with Gasteiger partial charge in [0.15, 0.2) is 0 Å². The molecule has 17 heteroatoms. The Bertz CT molecular complexity index is 2920. The topological polar surface area (TPSA) is 176 Å². The number of carbonyl (C=O) groups excluding carboxylic acids is 6. The molecule has 2 fully saturated rings. The van der Waals surface area contributed by atoms with E-state index >= 15 is 0 Å². The Morgan fingerprint density at radius 1 is 0.596 bits per heavy atom. The molecule has 6 amide bonds. The minimum atomic E-state index is -0.795. The zero-order chi connectivity index (χ0) is 64.9. The summed E-state index contributed by atoms with van der Waals surface area (Å²) in [5.41, 5.74) is 5.01. The van der Waals surface area contributed by atoms with Crippen molar-refractivity contribution in [3.63, 3.8) is 0 Å². The van der Waals surface area contributed by atoms with Crippen molar-refractivity contribution in [2.75, 3.05) is 67.5 Å². The third-order valence-electron chi connectivity index (χ3n) is 16.5. The minimum absolute atomic E-state index is 0.00594. The van der Waals surface area contributed by atoms with Crippen LogP contribution in [0.4, 0.5) is 4.79 Å². The number of rotatable bonds is 28. The molecule has 482 valence electrons. The predicted octanol–water partition coefficient (Wildman–Crippen LogP) is 9.59. The number of nitrogens with one attached hydrogen (secondary N) is 4. The van der Waals surface area contributed by atoms with Crippen LogP contribution >= 0.6 is 11.6 Å². The molecule has 89 heavy (non-hydrogen) atoms. The van der Waals surface area contributed by atoms with Gasteiger partial charge in [-0.05, 0) is 173 Å². The summed E-state index contributed by atoms with van der Waals surface area (Å²) >= 11 is 6.11. The van der Waals surface area contributed by atoms with E-state index in [0.717, 1.165) is 67.4 Å². The van der Waals surface area contributed by atoms with Gasteiger partial charge in [-0.15, -0.1) is 13.2 Å². The lowest BCUT2D eigenvalue weighted by Gasteiger charge is -2.35. The second-order valence-electron chi connectivity index (χ2n) is 24.4. The number of likely N-dealkylation sites (N-methyl/N-ethyl adjacent to an activating group) is 3. The van der Waals surface area contributed by atoms with Crippen LogP contribution in [0.25, 0.3) is 0 Å². The monoisotopic (exact) mass is 1240 g/mol. The fourth-order valence-electron chi connectivity index (χ4n) is 11.0. The third kappa shape index (κ3) is 24.2. The number of halogens is 1. The van der Waals surface area contributed by atoms with Crippen LogP contribution < -0.4 is 21.3 Å². The lowest BCUT2D eigenvalue weighted by Crippen LogP contribution is -2.56. The molecule has 5 aromatic rings. The van der Waals surface area contributed by atoms with Gasteiger partial charge in [-0.25, -0.2) is 4.79 Å². The van der Waals surface area contributed by atoms with Crippen LogP contribution in [-0.4, -0.2) is 175 Å². The molecular formula is C72H100ClN9O7. The summed E-state index contributed by atoms with van der Waals surface area (Å²) in [5, 5.41) is 13.5. The zero-order valence-electron chi connectivity index (χ0n) is 54.3. The van der Waals surface area contributed by atoms with Crippen LogP contribution in [-0.2, 0) is 60.8 Å². The molecule has 0 radical (unpaired) electrons. The average molecular weight is 1240 g/mol. The van der Waals surface area contributed by atoms with Crippen LogP contribution in [0.15, 0.2) is 159 Å². The molecule has 0 aromatic heterocycles. The van der Waals surface area contributed by atoms with Gasteiger partial charge in [-0.1, -0.05) is 145 Å². The highest BCUT2D eigenvalue weighted by Crippen LogP contribution is 2.24. The Hall–Kier alpha value is -7.37. The summed E-state index contributed by atoms with van der Waals surface area (Å²) in [6.45, 7) is 18.6. The van der Waals surface area contributed by atoms with Crippen molar-refractivity contribution in [1.82, 2.24) is 45.8 Å². The number of nitrogens with zero attached hydrogens (tertiary/aromatic N) is 5. The van der Waals surface area contributed by atoms with Crippen LogP contribution in [0.1, 0.15) is 101 Å². The fourth-order valence-corrected chi connectivity index (χ4v) is 11.1. The van der Waals surface area contributed by atoms with Crippen LogP contribution in [0.5, 0.6) is 0 Å². The smallest absolute Gasteiger partial charge is 0.410 e. The maximum atomic E-state index is 14.3. The molecule has 2 aliphatic rings. The Kier molecular flexibility index (Phi) is 30.6. The maximum Gasteiger partial charge on any atom is 0.410 e. The summed E-state index contributed by atoms with van der Waals surface area (Å²) in [5.74, 6) is -0.688. The Morgan fingerprint density at radius 3 is 1.49 bits per heavy atom. The molecule has 16 nitrogen and oxygen atoms in total. The second-order valence-corrected chi connectivity index (χ2v) is 24.8. The minimum Gasteiger partial charge on any atom is -0.444 e. The first-order valence-electron chi connectivity index (χ1n) is 31.6. The number of aryl methyl sites for hydroxylation is 2. The van der Waals surface area contributed by atoms with E-state index in [-0.39, 0.29) is 47.7 Å². The van der Waals surface area contributed by atoms with Crippen LogP contribution in [0.2, 0.25) is 5.02 Å². The highest BCUT2D eigenvalue weighted by atomic mass is 35.5. The van der Waals surface area contributed by atoms with E-state index in [2.05, 4.69) is 58.7 Å². The van der Waals surface area contributed by atoms with Gasteiger partial charge in [-0.3, -0.25) is 33.8 Å². The molecule has 0 aliphatic carbocycles. The maximum absolute atomic E-state index is 14.3. The number of carbonyl (C=O) groups is 6. The van der Waals surface area contributed by atoms with Gasteiger partial charge < -0.3 is 40.7 Å². The molecule has 7 rings (SSSR count). The fraction of sp³-hybridized carbons (Fsp3) is 0.472. The first-order chi connectivity index (χ1) is 42.7. The number of benzene rings is 5. The average Bonchev–Trinajstić information content (AvgIpc) is 3.18. The Morgan fingerprint density at radius 2 is 1.03 bits per heavy atom. The lowest BCUT2D eigenvalue weighted by molar-refractivity contribution is -0.140. The second kappa shape index (κ2) is 37.6. The molecule has 7 atom stereocenters. The van der Waals surface area contributed by atoms with Crippen molar-refractivity contribution in [2.45, 2.75) is 153 Å². The molecule has 2 saturated heterocycles. The van der Waals surface area contributed by atoms with Gasteiger partial charge >= 0.3 is 6.09 Å². The van der Waals surface area contributed by atoms with Gasteiger partial charge in [0, 0.05) is 56.9 Å². The number of hydrogen-bond donors (Lipinski definition) is 4. The van der Waals surface area contributed by atoms with Crippen molar-refractivity contribution in [1.29, 1.82) is 0 Å². The molecule has 5 aromatic carbocycles. The highest BCUT2D eigenvalue weighted by molar-refractivity contribution is 6.30. The summed E-state index contributed by atoms with van der Waals surface area (Å²) < 4.78 is 5.42. The van der Waals surface area contributed by atoms with Crippen molar-refractivity contribution in [2.24, 2.45) is 0 Å². The highest BCUT2D eigenvalue weighted by Gasteiger charge is 2.38. The van der Waals surface area contributed by atoms with Crippen molar-refractivity contribution in [3.8, 4) is 0 Å². The molecule has 2 aliphatic heterocycles. The lowest BCUT2D eigenvalue weighted by atomic mass is 10.0. The molecule has 0 unspecified atom stereocenters. The SMILES string of the molecule is C=C.CN[C@H](Cc1ccc(Cl)cc1)C(=O)N(CCc1ccccc1)C[C@@H]1CCCN1C(=O)[C@H](CCc1ccccc1)NC(=O)[C@H](C)N(C)C.C[C@@H](C(=O)N[C@@H](CCc1ccccc1)C(=O)N1CCC[C@H]1CNCCc1ccccc1)N(C)C(=O)OC(C)(C)C. The summed E-state index contributed by atoms with van der Waals surface area (Å²) in [6, 6.07) is 45.1. The van der Waals surface area contributed by atoms with Gasteiger partial charge in [0.25, 0.3) is 0 Å². The van der Waals surface area contributed by atoms with E-state index in [9.17, 15) is 28.8 Å². The summed E-state index contributed by atoms with van der Waals surface area (Å²) in [4.78, 5) is 90.2. The molecule has 0 bridgehead atoms. The van der Waals surface area contributed by atoms with Crippen LogP contribution in [0.3, 0.4) is 0 Å². The van der Waals surface area contributed by atoms with Crippen molar-refractivity contribution in [3.05, 3.63) is 192 Å². The first-order valence-corrected chi connectivity index (χ1v) is 32.0. The van der Waals surface area contributed by atoms with Gasteiger partial charge in [0.05, 0.1) is 12.1 Å². The predicted molar refractivity (Wildman–Crippen MR) is 358 cm³/mol. The zero-order valence-corrected chi connectivity index (χ0v) is 55.1. The standard InChI is InChI=1S/C38H50ClN5O3.C32H46N4O4.C2H4/c1-28(42(3)4)36(45)41-34(22-19-29-12-7-5-8-13-29)38(47)44-24-11-16-33(44)27-43(25-23-30-14-9-6-10-15-30)37(46)35(40-2)26-31-17-20-32(39)21-18-31;1-24(35(5)31(39)40-32(2,3)4)29(37)34-28(19-18-25-13-8-6-9-14-25)30(38)36-22-12-17-27(36)23-33-21-20-26-15-10-7-11-16-26;1-2/h5-10,12-15,17-18,20-21,28,33-35,40H,11,16,19,22-27H2,1-4H3,(H,41,45);6-11,13-16,24,27-28,33H,12,17-23H2,1-5H3,(H,34,37);1-2H2/t28-,33-,34-,35+;24-,27-,28-;/m00./s1. The molecule has 0 spiro atoms. The van der Waals surface area contributed by atoms with E-state index in [0.29, 0.717) is 69.7 Å².